The summed E-state index contributed by atoms with van der Waals surface area (Å²) in [4.78, 5) is 14.4. The molecule has 0 spiro atoms. The van der Waals surface area contributed by atoms with Gasteiger partial charge < -0.3 is 10.2 Å². The van der Waals surface area contributed by atoms with Crippen LogP contribution in [0, 0.1) is 19.8 Å². The lowest BCUT2D eigenvalue weighted by Gasteiger charge is -2.32. The van der Waals surface area contributed by atoms with Gasteiger partial charge in [-0.05, 0) is 67.9 Å². The highest BCUT2D eigenvalue weighted by molar-refractivity contribution is 5.89. The van der Waals surface area contributed by atoms with Crippen molar-refractivity contribution in [2.75, 3.05) is 18.4 Å². The molecule has 0 aromatic heterocycles. The molecule has 126 valence electrons. The van der Waals surface area contributed by atoms with Crippen LogP contribution in [0.4, 0.5) is 10.5 Å². The van der Waals surface area contributed by atoms with E-state index in [9.17, 15) is 4.79 Å². The third-order valence-corrected chi connectivity index (χ3v) is 4.74. The number of likely N-dealkylation sites (tertiary alicyclic amines) is 1. The Labute approximate surface area is 144 Å². The van der Waals surface area contributed by atoms with Crippen molar-refractivity contribution < 1.29 is 4.79 Å². The van der Waals surface area contributed by atoms with Gasteiger partial charge in [-0.2, -0.15) is 0 Å². The summed E-state index contributed by atoms with van der Waals surface area (Å²) in [5, 5.41) is 3.04. The maximum atomic E-state index is 12.5. The Bertz CT molecular complexity index is 668. The molecule has 3 nitrogen and oxygen atoms in total. The van der Waals surface area contributed by atoms with Gasteiger partial charge in [0.25, 0.3) is 0 Å². The first kappa shape index (κ1) is 16.6. The molecule has 0 saturated carbocycles. The molecule has 3 rings (SSSR count). The summed E-state index contributed by atoms with van der Waals surface area (Å²) in [7, 11) is 0. The van der Waals surface area contributed by atoms with Crippen molar-refractivity contribution in [3.8, 4) is 0 Å². The number of aryl methyl sites for hydroxylation is 2. The molecule has 2 amide bonds. The first-order valence-electron chi connectivity index (χ1n) is 8.78. The van der Waals surface area contributed by atoms with Gasteiger partial charge in [0, 0.05) is 18.8 Å². The molecule has 0 radical (unpaired) electrons. The normalized spacial score (nSPS) is 15.3. The number of rotatable bonds is 3. The summed E-state index contributed by atoms with van der Waals surface area (Å²) in [6.45, 7) is 5.79. The number of carbonyl (C=O) groups excluding carboxylic acids is 1. The first-order valence-corrected chi connectivity index (χ1v) is 8.78. The number of anilines is 1. The summed E-state index contributed by atoms with van der Waals surface area (Å²) in [5.74, 6) is 0.678. The molecule has 3 heteroatoms. The lowest BCUT2D eigenvalue weighted by molar-refractivity contribution is 0.182. The van der Waals surface area contributed by atoms with E-state index in [4.69, 9.17) is 0 Å². The number of carbonyl (C=O) groups is 1. The molecule has 1 N–H and O–H groups in total. The largest absolute Gasteiger partial charge is 0.325 e. The average molecular weight is 322 g/mol. The lowest BCUT2D eigenvalue weighted by Crippen LogP contribution is -2.41. The predicted molar refractivity (Wildman–Crippen MR) is 99.4 cm³/mol. The van der Waals surface area contributed by atoms with Crippen LogP contribution in [-0.4, -0.2) is 24.0 Å². The fourth-order valence-corrected chi connectivity index (χ4v) is 3.54. The highest BCUT2D eigenvalue weighted by atomic mass is 16.2. The molecule has 1 heterocycles. The van der Waals surface area contributed by atoms with Gasteiger partial charge in [0.05, 0.1) is 0 Å². The van der Waals surface area contributed by atoms with E-state index in [2.05, 4.69) is 55.6 Å². The molecule has 0 bridgehead atoms. The molecule has 1 saturated heterocycles. The molecule has 1 fully saturated rings. The van der Waals surface area contributed by atoms with Crippen molar-refractivity contribution in [2.45, 2.75) is 33.1 Å². The van der Waals surface area contributed by atoms with Crippen LogP contribution in [0.3, 0.4) is 0 Å². The van der Waals surface area contributed by atoms with Crippen molar-refractivity contribution in [1.29, 1.82) is 0 Å². The second-order valence-corrected chi connectivity index (χ2v) is 6.93. The molecule has 1 aliphatic heterocycles. The predicted octanol–water partition coefficient (Wildman–Crippen LogP) is 4.79. The van der Waals surface area contributed by atoms with Gasteiger partial charge in [-0.1, -0.05) is 36.4 Å². The van der Waals surface area contributed by atoms with Crippen LogP contribution < -0.4 is 5.32 Å². The van der Waals surface area contributed by atoms with Crippen LogP contribution in [0.2, 0.25) is 0 Å². The van der Waals surface area contributed by atoms with Crippen molar-refractivity contribution in [2.24, 2.45) is 5.92 Å². The highest BCUT2D eigenvalue weighted by Gasteiger charge is 2.23. The summed E-state index contributed by atoms with van der Waals surface area (Å²) >= 11 is 0. The first-order chi connectivity index (χ1) is 11.6. The third-order valence-electron chi connectivity index (χ3n) is 4.74. The number of nitrogens with one attached hydrogen (secondary N) is 1. The number of hydrogen-bond donors (Lipinski definition) is 1. The van der Waals surface area contributed by atoms with E-state index in [-0.39, 0.29) is 6.03 Å². The SMILES string of the molecule is Cc1cc(C)cc(NC(=O)N2CCC(Cc3ccccc3)CC2)c1. The minimum absolute atomic E-state index is 0.0261. The summed E-state index contributed by atoms with van der Waals surface area (Å²) in [6, 6.07) is 16.8. The van der Waals surface area contributed by atoms with Crippen LogP contribution in [0.25, 0.3) is 0 Å². The van der Waals surface area contributed by atoms with Crippen LogP contribution in [0.5, 0.6) is 0 Å². The number of nitrogens with zero attached hydrogens (tertiary/aromatic N) is 1. The van der Waals surface area contributed by atoms with Crippen LogP contribution in [0.15, 0.2) is 48.5 Å². The van der Waals surface area contributed by atoms with Gasteiger partial charge in [-0.15, -0.1) is 0 Å². The average Bonchev–Trinajstić information content (AvgIpc) is 2.55. The minimum atomic E-state index is 0.0261. The Kier molecular flexibility index (Phi) is 5.19. The zero-order valence-electron chi connectivity index (χ0n) is 14.6. The maximum absolute atomic E-state index is 12.5. The van der Waals surface area contributed by atoms with Crippen LogP contribution >= 0.6 is 0 Å². The Morgan fingerprint density at radius 3 is 2.29 bits per heavy atom. The second kappa shape index (κ2) is 7.52. The van der Waals surface area contributed by atoms with Crippen molar-refractivity contribution in [1.82, 2.24) is 4.90 Å². The second-order valence-electron chi connectivity index (χ2n) is 6.93. The third kappa shape index (κ3) is 4.38. The van der Waals surface area contributed by atoms with E-state index >= 15 is 0 Å². The zero-order valence-corrected chi connectivity index (χ0v) is 14.6. The number of benzene rings is 2. The molecular formula is C21H26N2O. The molecule has 0 aliphatic carbocycles. The van der Waals surface area contributed by atoms with Gasteiger partial charge >= 0.3 is 6.03 Å². The summed E-state index contributed by atoms with van der Waals surface area (Å²) in [5.41, 5.74) is 4.64. The monoisotopic (exact) mass is 322 g/mol. The zero-order chi connectivity index (χ0) is 16.9. The number of piperidine rings is 1. The highest BCUT2D eigenvalue weighted by Crippen LogP contribution is 2.22. The molecule has 2 aromatic carbocycles. The molecule has 24 heavy (non-hydrogen) atoms. The molecule has 0 atom stereocenters. The Morgan fingerprint density at radius 2 is 1.67 bits per heavy atom. The molecule has 2 aromatic rings. The van der Waals surface area contributed by atoms with Gasteiger partial charge in [0.1, 0.15) is 0 Å². The fraction of sp³-hybridized carbons (Fsp3) is 0.381. The van der Waals surface area contributed by atoms with Crippen molar-refractivity contribution in [3.05, 3.63) is 65.2 Å². The van der Waals surface area contributed by atoms with Gasteiger partial charge in [0.15, 0.2) is 0 Å². The minimum Gasteiger partial charge on any atom is -0.325 e. The van der Waals surface area contributed by atoms with E-state index in [0.717, 1.165) is 38.0 Å². The van der Waals surface area contributed by atoms with Crippen molar-refractivity contribution >= 4 is 11.7 Å². The van der Waals surface area contributed by atoms with Gasteiger partial charge in [-0.3, -0.25) is 0 Å². The van der Waals surface area contributed by atoms with Gasteiger partial charge in [-0.25, -0.2) is 4.79 Å². The Balaban J connectivity index is 1.51. The number of amides is 2. The molecular weight excluding hydrogens is 296 g/mol. The Morgan fingerprint density at radius 1 is 1.04 bits per heavy atom. The number of hydrogen-bond acceptors (Lipinski definition) is 1. The van der Waals surface area contributed by atoms with E-state index in [1.54, 1.807) is 0 Å². The van der Waals surface area contributed by atoms with Crippen LogP contribution in [0.1, 0.15) is 29.5 Å². The molecule has 0 unspecified atom stereocenters. The quantitative estimate of drug-likeness (QED) is 0.865. The maximum Gasteiger partial charge on any atom is 0.321 e. The Hall–Kier alpha value is -2.29. The number of urea groups is 1. The summed E-state index contributed by atoms with van der Waals surface area (Å²) < 4.78 is 0. The lowest BCUT2D eigenvalue weighted by atomic mass is 9.90. The van der Waals surface area contributed by atoms with E-state index in [1.807, 2.05) is 17.0 Å². The van der Waals surface area contributed by atoms with E-state index in [0.29, 0.717) is 5.92 Å². The fourth-order valence-electron chi connectivity index (χ4n) is 3.54. The molecule has 1 aliphatic rings. The van der Waals surface area contributed by atoms with E-state index < -0.39 is 0 Å². The van der Waals surface area contributed by atoms with Crippen molar-refractivity contribution in [3.63, 3.8) is 0 Å². The van der Waals surface area contributed by atoms with Crippen LogP contribution in [-0.2, 0) is 6.42 Å². The van der Waals surface area contributed by atoms with Gasteiger partial charge in [0.2, 0.25) is 0 Å². The smallest absolute Gasteiger partial charge is 0.321 e. The standard InChI is InChI=1S/C21H26N2O/c1-16-12-17(2)14-20(13-16)22-21(24)23-10-8-19(9-11-23)15-18-6-4-3-5-7-18/h3-7,12-14,19H,8-11,15H2,1-2H3,(H,22,24). The summed E-state index contributed by atoms with van der Waals surface area (Å²) in [6.07, 6.45) is 3.28. The topological polar surface area (TPSA) is 32.3 Å². The van der Waals surface area contributed by atoms with E-state index in [1.165, 1.54) is 16.7 Å².